The third-order valence-corrected chi connectivity index (χ3v) is 6.51. The summed E-state index contributed by atoms with van der Waals surface area (Å²) in [7, 11) is -3.74. The van der Waals surface area contributed by atoms with E-state index in [1.165, 1.54) is 0 Å². The summed E-state index contributed by atoms with van der Waals surface area (Å²) in [6.45, 7) is 1.91. The van der Waals surface area contributed by atoms with E-state index in [-0.39, 0.29) is 4.90 Å². The van der Waals surface area contributed by atoms with E-state index >= 15 is 0 Å². The zero-order valence-corrected chi connectivity index (χ0v) is 19.5. The summed E-state index contributed by atoms with van der Waals surface area (Å²) in [4.78, 5) is 2.56. The summed E-state index contributed by atoms with van der Waals surface area (Å²) in [5, 5.41) is 4.27. The molecule has 0 atom stereocenters. The van der Waals surface area contributed by atoms with Gasteiger partial charge in [-0.25, -0.2) is 0 Å². The van der Waals surface area contributed by atoms with Gasteiger partial charge in [0.25, 0.3) is 10.0 Å². The molecule has 0 amide bonds. The fraction of sp³-hybridized carbons (Fsp3) is 0.0500. The van der Waals surface area contributed by atoms with E-state index in [0.717, 1.165) is 23.8 Å². The molecule has 0 aliphatic carbocycles. The van der Waals surface area contributed by atoms with Crippen molar-refractivity contribution in [3.63, 3.8) is 0 Å². The number of rotatable bonds is 5. The van der Waals surface area contributed by atoms with E-state index in [2.05, 4.69) is 55.1 Å². The van der Waals surface area contributed by atoms with Gasteiger partial charge in [-0.2, -0.15) is 18.4 Å². The van der Waals surface area contributed by atoms with Crippen molar-refractivity contribution in [1.29, 1.82) is 0 Å². The lowest BCUT2D eigenvalue weighted by molar-refractivity contribution is 0.584. The predicted octanol–water partition coefficient (Wildman–Crippen LogP) is 4.94. The Labute approximate surface area is 186 Å². The van der Waals surface area contributed by atoms with E-state index < -0.39 is 10.0 Å². The van der Waals surface area contributed by atoms with Gasteiger partial charge in [0.1, 0.15) is 0 Å². The third kappa shape index (κ3) is 5.29. The molecule has 0 spiro atoms. The van der Waals surface area contributed by atoms with Crippen molar-refractivity contribution >= 4 is 60.9 Å². The van der Waals surface area contributed by atoms with Gasteiger partial charge in [0.05, 0.1) is 10.6 Å². The fourth-order valence-corrected chi connectivity index (χ4v) is 3.92. The van der Waals surface area contributed by atoms with E-state index in [1.807, 2.05) is 55.5 Å². The van der Waals surface area contributed by atoms with E-state index in [0.29, 0.717) is 5.71 Å². The van der Waals surface area contributed by atoms with Crippen LogP contribution in [0.3, 0.4) is 0 Å². The molecule has 0 radical (unpaired) electrons. The van der Waals surface area contributed by atoms with Gasteiger partial charge in [-0.05, 0) is 88.5 Å². The Morgan fingerprint density at radius 2 is 1.22 bits per heavy atom. The molecule has 0 aliphatic heterocycles. The molecule has 0 heterocycles. The van der Waals surface area contributed by atoms with Gasteiger partial charge in [0.2, 0.25) is 0 Å². The lowest BCUT2D eigenvalue weighted by atomic mass is 10.0. The summed E-state index contributed by atoms with van der Waals surface area (Å²) < 4.78 is 27.4. The number of hydrogen-bond donors (Lipinski definition) is 1. The zero-order valence-electron chi connectivity index (χ0n) is 14.4. The van der Waals surface area contributed by atoms with Gasteiger partial charge in [-0.1, -0.05) is 42.0 Å². The average molecular weight is 602 g/mol. The summed E-state index contributed by atoms with van der Waals surface area (Å²) in [5.41, 5.74) is 3.24. The highest BCUT2D eigenvalue weighted by Crippen LogP contribution is 2.16. The quantitative estimate of drug-likeness (QED) is 0.256. The first-order valence-electron chi connectivity index (χ1n) is 8.03. The molecule has 3 rings (SSSR count). The Hall–Kier alpha value is -1.46. The highest BCUT2D eigenvalue weighted by molar-refractivity contribution is 14.1. The van der Waals surface area contributed by atoms with Gasteiger partial charge in [0, 0.05) is 18.3 Å². The number of nitrogens with one attached hydrogen (secondary N) is 1. The van der Waals surface area contributed by atoms with Crippen LogP contribution in [0.4, 0.5) is 0 Å². The van der Waals surface area contributed by atoms with Crippen molar-refractivity contribution in [1.82, 2.24) is 4.83 Å². The van der Waals surface area contributed by atoms with Crippen LogP contribution < -0.4 is 4.83 Å². The standard InChI is InChI=1S/C20H16I2N2O2S/c1-14-2-12-19(13-3-14)27(25,26)24-23-20(15-4-8-17(21)9-5-15)16-6-10-18(22)11-7-16/h2-13,24H,1H3. The van der Waals surface area contributed by atoms with Crippen LogP contribution in [0.1, 0.15) is 16.7 Å². The topological polar surface area (TPSA) is 58.5 Å². The maximum atomic E-state index is 12.6. The van der Waals surface area contributed by atoms with Crippen molar-refractivity contribution in [3.8, 4) is 0 Å². The summed E-state index contributed by atoms with van der Waals surface area (Å²) >= 11 is 4.46. The molecule has 4 nitrogen and oxygen atoms in total. The number of benzene rings is 3. The molecular formula is C20H16I2N2O2S. The summed E-state index contributed by atoms with van der Waals surface area (Å²) in [5.74, 6) is 0. The van der Waals surface area contributed by atoms with Crippen LogP contribution in [-0.4, -0.2) is 14.1 Å². The molecular weight excluding hydrogens is 586 g/mol. The van der Waals surface area contributed by atoms with E-state index in [9.17, 15) is 8.42 Å². The number of hydrazone groups is 1. The Bertz CT molecular complexity index is 1010. The highest BCUT2D eigenvalue weighted by Gasteiger charge is 2.14. The minimum Gasteiger partial charge on any atom is -0.200 e. The molecule has 0 aliphatic rings. The van der Waals surface area contributed by atoms with Crippen LogP contribution in [0.5, 0.6) is 0 Å². The molecule has 138 valence electrons. The smallest absolute Gasteiger partial charge is 0.200 e. The molecule has 0 saturated heterocycles. The van der Waals surface area contributed by atoms with E-state index in [4.69, 9.17) is 0 Å². The maximum absolute atomic E-state index is 12.6. The van der Waals surface area contributed by atoms with E-state index in [1.54, 1.807) is 24.3 Å². The maximum Gasteiger partial charge on any atom is 0.276 e. The number of hydrogen-bond acceptors (Lipinski definition) is 3. The number of aryl methyl sites for hydroxylation is 1. The van der Waals surface area contributed by atoms with Gasteiger partial charge in [0.15, 0.2) is 0 Å². The summed E-state index contributed by atoms with van der Waals surface area (Å²) in [6.07, 6.45) is 0. The summed E-state index contributed by atoms with van der Waals surface area (Å²) in [6, 6.07) is 22.2. The van der Waals surface area contributed by atoms with Crippen LogP contribution in [0.15, 0.2) is 82.8 Å². The first-order valence-corrected chi connectivity index (χ1v) is 11.7. The van der Waals surface area contributed by atoms with Crippen LogP contribution in [-0.2, 0) is 10.0 Å². The zero-order chi connectivity index (χ0) is 19.4. The molecule has 0 unspecified atom stereocenters. The Morgan fingerprint density at radius 1 is 0.778 bits per heavy atom. The minimum atomic E-state index is -3.74. The van der Waals surface area contributed by atoms with Crippen LogP contribution >= 0.6 is 45.2 Å². The molecule has 3 aromatic rings. The van der Waals surface area contributed by atoms with Crippen molar-refractivity contribution < 1.29 is 8.42 Å². The second kappa shape index (κ2) is 8.70. The second-order valence-electron chi connectivity index (χ2n) is 5.88. The van der Waals surface area contributed by atoms with Gasteiger partial charge >= 0.3 is 0 Å². The normalized spacial score (nSPS) is 11.1. The molecule has 1 N–H and O–H groups in total. The Balaban J connectivity index is 2.00. The Kier molecular flexibility index (Phi) is 6.53. The van der Waals surface area contributed by atoms with Crippen molar-refractivity contribution in [3.05, 3.63) is 96.6 Å². The fourth-order valence-electron chi connectivity index (χ4n) is 2.39. The average Bonchev–Trinajstić information content (AvgIpc) is 2.65. The first kappa shape index (κ1) is 20.3. The minimum absolute atomic E-state index is 0.182. The second-order valence-corrected chi connectivity index (χ2v) is 10.0. The van der Waals surface area contributed by atoms with Crippen molar-refractivity contribution in [2.45, 2.75) is 11.8 Å². The van der Waals surface area contributed by atoms with Gasteiger partial charge in [-0.15, -0.1) is 0 Å². The number of nitrogens with zero attached hydrogens (tertiary/aromatic N) is 1. The molecule has 3 aromatic carbocycles. The predicted molar refractivity (Wildman–Crippen MR) is 125 cm³/mol. The van der Waals surface area contributed by atoms with Gasteiger partial charge < -0.3 is 0 Å². The van der Waals surface area contributed by atoms with Gasteiger partial charge in [-0.3, -0.25) is 0 Å². The van der Waals surface area contributed by atoms with Crippen LogP contribution in [0.2, 0.25) is 0 Å². The first-order chi connectivity index (χ1) is 12.8. The Morgan fingerprint density at radius 3 is 1.67 bits per heavy atom. The molecule has 0 saturated carbocycles. The highest BCUT2D eigenvalue weighted by atomic mass is 127. The van der Waals surface area contributed by atoms with Crippen molar-refractivity contribution in [2.75, 3.05) is 0 Å². The largest absolute Gasteiger partial charge is 0.276 e. The molecule has 7 heteroatoms. The van der Waals surface area contributed by atoms with Crippen molar-refractivity contribution in [2.24, 2.45) is 5.10 Å². The number of sulfonamides is 1. The third-order valence-electron chi connectivity index (χ3n) is 3.84. The molecule has 0 fully saturated rings. The molecule has 0 aromatic heterocycles. The lowest BCUT2D eigenvalue weighted by Gasteiger charge is -2.10. The monoisotopic (exact) mass is 602 g/mol. The SMILES string of the molecule is Cc1ccc(S(=O)(=O)NN=C(c2ccc(I)cc2)c2ccc(I)cc2)cc1. The van der Waals surface area contributed by atoms with Crippen LogP contribution in [0.25, 0.3) is 0 Å². The van der Waals surface area contributed by atoms with Crippen LogP contribution in [0, 0.1) is 14.1 Å². The lowest BCUT2D eigenvalue weighted by Crippen LogP contribution is -2.21. The number of halogens is 2. The molecule has 27 heavy (non-hydrogen) atoms. The molecule has 0 bridgehead atoms.